The molecule has 4 aromatic rings. The third-order valence-corrected chi connectivity index (χ3v) is 11.0. The van der Waals surface area contributed by atoms with Gasteiger partial charge in [-0.25, -0.2) is 8.42 Å². The number of piperazine rings is 2. The minimum atomic E-state index is -4.76. The first kappa shape index (κ1) is 35.4. The van der Waals surface area contributed by atoms with Crippen LogP contribution in [0.1, 0.15) is 35.4 Å². The number of carbonyl (C=O) groups is 1. The molecule has 3 aromatic carbocycles. The van der Waals surface area contributed by atoms with Crippen LogP contribution in [0, 0.1) is 0 Å². The van der Waals surface area contributed by atoms with Crippen LogP contribution in [0.2, 0.25) is 0 Å². The maximum Gasteiger partial charge on any atom is 0.453 e. The molecule has 2 aliphatic rings. The van der Waals surface area contributed by atoms with Crippen molar-refractivity contribution in [2.24, 2.45) is 0 Å². The fraction of sp³-hybridized carbons (Fsp3) is 0.412. The second kappa shape index (κ2) is 14.8. The summed E-state index contributed by atoms with van der Waals surface area (Å²) in [5.41, 5.74) is 2.97. The Morgan fingerprint density at radius 2 is 1.64 bits per heavy atom. The molecule has 0 amide bonds. The minimum absolute atomic E-state index is 0.0707. The van der Waals surface area contributed by atoms with E-state index in [1.807, 2.05) is 36.4 Å². The number of halogens is 3. The summed E-state index contributed by atoms with van der Waals surface area (Å²) >= 11 is 0. The maximum atomic E-state index is 13.7. The van der Waals surface area contributed by atoms with E-state index in [4.69, 9.17) is 9.47 Å². The highest BCUT2D eigenvalue weighted by atomic mass is 32.2. The number of carbonyl (C=O) groups excluding carboxylic acids is 1. The van der Waals surface area contributed by atoms with Gasteiger partial charge >= 0.3 is 12.1 Å². The molecule has 3 heterocycles. The summed E-state index contributed by atoms with van der Waals surface area (Å²) in [7, 11) is -2.23. The molecule has 0 saturated carbocycles. The summed E-state index contributed by atoms with van der Waals surface area (Å²) < 4.78 is 80.6. The van der Waals surface area contributed by atoms with Crippen molar-refractivity contribution in [1.82, 2.24) is 34.3 Å². The number of alkyl halides is 3. The number of hydrogen-bond acceptors (Lipinski definition) is 10. The van der Waals surface area contributed by atoms with Crippen molar-refractivity contribution in [2.45, 2.75) is 37.6 Å². The molecule has 0 bridgehead atoms. The molecular formula is C34H38F3N7O5S. The van der Waals surface area contributed by atoms with E-state index < -0.39 is 28.0 Å². The Morgan fingerprint density at radius 1 is 0.960 bits per heavy atom. The lowest BCUT2D eigenvalue weighted by Crippen LogP contribution is -2.67. The first-order chi connectivity index (χ1) is 23.9. The SMILES string of the molecule is COc1ccc(-n2nnnc2C(F)(F)F)cc1CN1C[C@@H]2CN(S(=O)(=O)CCOC(C)=O)CCN2[C@H](C(c2ccccc2)c2ccccc2)C1. The van der Waals surface area contributed by atoms with E-state index in [-0.39, 0.29) is 49.1 Å². The van der Waals surface area contributed by atoms with Crippen LogP contribution in [-0.2, 0) is 32.3 Å². The van der Waals surface area contributed by atoms with Crippen LogP contribution in [0.5, 0.6) is 5.75 Å². The van der Waals surface area contributed by atoms with Crippen molar-refractivity contribution in [2.75, 3.05) is 52.2 Å². The average molecular weight is 714 g/mol. The van der Waals surface area contributed by atoms with E-state index in [0.29, 0.717) is 42.2 Å². The van der Waals surface area contributed by atoms with Crippen molar-refractivity contribution in [3.05, 3.63) is 101 Å². The van der Waals surface area contributed by atoms with Crippen LogP contribution in [0.25, 0.3) is 5.69 Å². The van der Waals surface area contributed by atoms with Crippen LogP contribution in [0.4, 0.5) is 13.2 Å². The van der Waals surface area contributed by atoms with E-state index in [9.17, 15) is 26.4 Å². The van der Waals surface area contributed by atoms with Gasteiger partial charge in [0, 0.05) is 69.8 Å². The molecule has 2 fully saturated rings. The summed E-state index contributed by atoms with van der Waals surface area (Å²) in [4.78, 5) is 15.9. The Labute approximate surface area is 288 Å². The van der Waals surface area contributed by atoms with Crippen LogP contribution in [0.15, 0.2) is 78.9 Å². The quantitative estimate of drug-likeness (QED) is 0.213. The van der Waals surface area contributed by atoms with Gasteiger partial charge in [0.25, 0.3) is 5.82 Å². The van der Waals surface area contributed by atoms with Crippen LogP contribution in [-0.4, -0.2) is 113 Å². The normalized spacial score (nSPS) is 19.3. The molecule has 0 radical (unpaired) electrons. The number of aromatic nitrogens is 4. The van der Waals surface area contributed by atoms with Crippen LogP contribution in [0.3, 0.4) is 0 Å². The fourth-order valence-corrected chi connectivity index (χ4v) is 8.35. The number of hydrogen-bond donors (Lipinski definition) is 0. The Morgan fingerprint density at radius 3 is 2.26 bits per heavy atom. The van der Waals surface area contributed by atoms with Crippen molar-refractivity contribution >= 4 is 16.0 Å². The molecule has 16 heteroatoms. The Bertz CT molecular complexity index is 1840. The molecule has 0 spiro atoms. The van der Waals surface area contributed by atoms with E-state index in [0.717, 1.165) is 11.1 Å². The first-order valence-corrected chi connectivity index (χ1v) is 17.8. The highest BCUT2D eigenvalue weighted by Gasteiger charge is 2.44. The Hall–Kier alpha value is -4.38. The molecule has 0 N–H and O–H groups in total. The predicted molar refractivity (Wildman–Crippen MR) is 177 cm³/mol. The van der Waals surface area contributed by atoms with Gasteiger partial charge in [-0.05, 0) is 39.8 Å². The lowest BCUT2D eigenvalue weighted by molar-refractivity contribution is -0.146. The van der Waals surface area contributed by atoms with Gasteiger partial charge in [-0.3, -0.25) is 14.6 Å². The number of nitrogens with zero attached hydrogens (tertiary/aromatic N) is 7. The number of sulfonamides is 1. The lowest BCUT2D eigenvalue weighted by Gasteiger charge is -2.53. The molecule has 6 rings (SSSR count). The Balaban J connectivity index is 1.36. The minimum Gasteiger partial charge on any atom is -0.496 e. The van der Waals surface area contributed by atoms with Crippen molar-refractivity contribution in [3.63, 3.8) is 0 Å². The molecule has 1 aromatic heterocycles. The molecule has 266 valence electrons. The van der Waals surface area contributed by atoms with Gasteiger partial charge in [0.05, 0.1) is 18.6 Å². The molecule has 50 heavy (non-hydrogen) atoms. The number of tetrazole rings is 1. The molecule has 2 aliphatic heterocycles. The number of rotatable bonds is 11. The number of benzene rings is 3. The number of fused-ring (bicyclic) bond motifs is 1. The van der Waals surface area contributed by atoms with E-state index in [1.165, 1.54) is 24.4 Å². The molecule has 2 atom stereocenters. The first-order valence-electron chi connectivity index (χ1n) is 16.2. The fourth-order valence-electron chi connectivity index (χ4n) is 7.04. The van der Waals surface area contributed by atoms with Gasteiger partial charge in [-0.15, -0.1) is 5.10 Å². The van der Waals surface area contributed by atoms with Gasteiger partial charge in [0.1, 0.15) is 12.4 Å². The monoisotopic (exact) mass is 713 g/mol. The molecular weight excluding hydrogens is 675 g/mol. The van der Waals surface area contributed by atoms with Crippen molar-refractivity contribution < 1.29 is 35.9 Å². The zero-order valence-corrected chi connectivity index (χ0v) is 28.4. The predicted octanol–water partition coefficient (Wildman–Crippen LogP) is 3.59. The van der Waals surface area contributed by atoms with Crippen LogP contribution < -0.4 is 4.74 Å². The standard InChI is InChI=1S/C34H38F3N7O5S/c1-24(45)49-17-18-50(46,47)42-15-16-43-29(22-42)21-41(23-30(43)32(25-9-5-3-6-10-25)26-11-7-4-8-12-26)20-27-19-28(13-14-31(27)48-2)44-33(34(35,36)37)38-39-40-44/h3-14,19,29-30,32H,15-18,20-23H2,1-2H3/t29-,30+/m1/s1. The highest BCUT2D eigenvalue weighted by Crippen LogP contribution is 2.37. The second-order valence-electron chi connectivity index (χ2n) is 12.4. The van der Waals surface area contributed by atoms with Gasteiger partial charge in [0.2, 0.25) is 10.0 Å². The molecule has 12 nitrogen and oxygen atoms in total. The van der Waals surface area contributed by atoms with Gasteiger partial charge in [0.15, 0.2) is 0 Å². The number of methoxy groups -OCH3 is 1. The van der Waals surface area contributed by atoms with Crippen molar-refractivity contribution in [3.8, 4) is 11.4 Å². The third kappa shape index (κ3) is 7.83. The van der Waals surface area contributed by atoms with Crippen LogP contribution >= 0.6 is 0 Å². The second-order valence-corrected chi connectivity index (χ2v) is 14.5. The van der Waals surface area contributed by atoms with Gasteiger partial charge in [-0.1, -0.05) is 60.7 Å². The van der Waals surface area contributed by atoms with Gasteiger partial charge < -0.3 is 9.47 Å². The lowest BCUT2D eigenvalue weighted by atomic mass is 9.81. The molecule has 0 unspecified atom stereocenters. The van der Waals surface area contributed by atoms with E-state index in [2.05, 4.69) is 49.6 Å². The Kier molecular flexibility index (Phi) is 10.5. The summed E-state index contributed by atoms with van der Waals surface area (Å²) in [6.45, 7) is 3.37. The number of esters is 1. The zero-order valence-electron chi connectivity index (χ0n) is 27.6. The summed E-state index contributed by atoms with van der Waals surface area (Å²) in [6, 6.07) is 24.7. The highest BCUT2D eigenvalue weighted by molar-refractivity contribution is 7.89. The largest absolute Gasteiger partial charge is 0.496 e. The average Bonchev–Trinajstić information content (AvgIpc) is 3.60. The van der Waals surface area contributed by atoms with E-state index >= 15 is 0 Å². The topological polar surface area (TPSA) is 123 Å². The van der Waals surface area contributed by atoms with Crippen molar-refractivity contribution in [1.29, 1.82) is 0 Å². The molecule has 0 aliphatic carbocycles. The summed E-state index contributed by atoms with van der Waals surface area (Å²) in [5.74, 6) is -1.69. The smallest absolute Gasteiger partial charge is 0.453 e. The van der Waals surface area contributed by atoms with Gasteiger partial charge in [-0.2, -0.15) is 22.2 Å². The summed E-state index contributed by atoms with van der Waals surface area (Å²) in [5, 5.41) is 10.0. The summed E-state index contributed by atoms with van der Waals surface area (Å²) in [6.07, 6.45) is -4.76. The third-order valence-electron chi connectivity index (χ3n) is 9.20. The number of ether oxygens (including phenoxy) is 2. The maximum absolute atomic E-state index is 13.7. The van der Waals surface area contributed by atoms with E-state index in [1.54, 1.807) is 12.1 Å². The zero-order chi connectivity index (χ0) is 35.5. The molecule has 2 saturated heterocycles.